The summed E-state index contributed by atoms with van der Waals surface area (Å²) in [5, 5.41) is 2.73. The molecule has 0 fully saturated rings. The van der Waals surface area contributed by atoms with Crippen molar-refractivity contribution in [3.05, 3.63) is 95.6 Å². The van der Waals surface area contributed by atoms with Crippen LogP contribution in [0.15, 0.2) is 78.9 Å². The molecule has 0 heterocycles. The van der Waals surface area contributed by atoms with Crippen molar-refractivity contribution in [2.24, 2.45) is 0 Å². The Kier molecular flexibility index (Phi) is 10.7. The number of ether oxygens (including phenoxy) is 4. The van der Waals surface area contributed by atoms with Gasteiger partial charge in [0.05, 0.1) is 6.61 Å². The molecule has 0 spiro atoms. The zero-order chi connectivity index (χ0) is 27.4. The molecule has 38 heavy (non-hydrogen) atoms. The molecule has 7 nitrogen and oxygen atoms in total. The predicted octanol–water partition coefficient (Wildman–Crippen LogP) is 6.35. The van der Waals surface area contributed by atoms with Crippen molar-refractivity contribution in [3.63, 3.8) is 0 Å². The number of anilines is 1. The van der Waals surface area contributed by atoms with Gasteiger partial charge < -0.3 is 18.9 Å². The highest BCUT2D eigenvalue weighted by atomic mass is 16.6. The molecule has 1 amide bonds. The number of rotatable bonds is 12. The van der Waals surface area contributed by atoms with Gasteiger partial charge in [-0.25, -0.2) is 9.59 Å². The van der Waals surface area contributed by atoms with Crippen molar-refractivity contribution in [1.29, 1.82) is 0 Å². The van der Waals surface area contributed by atoms with E-state index in [1.807, 2.05) is 107 Å². The third-order valence-electron chi connectivity index (χ3n) is 5.46. The molecular formula is C31H37NO6. The van der Waals surface area contributed by atoms with Crippen molar-refractivity contribution < 1.29 is 28.5 Å². The van der Waals surface area contributed by atoms with E-state index in [-0.39, 0.29) is 12.6 Å². The van der Waals surface area contributed by atoms with E-state index in [1.165, 1.54) is 0 Å². The van der Waals surface area contributed by atoms with Crippen LogP contribution in [-0.2, 0) is 38.5 Å². The van der Waals surface area contributed by atoms with E-state index in [2.05, 4.69) is 5.32 Å². The summed E-state index contributed by atoms with van der Waals surface area (Å²) in [6.45, 7) is 8.48. The number of carbonyl (C=O) groups is 2. The van der Waals surface area contributed by atoms with Crippen molar-refractivity contribution >= 4 is 17.7 Å². The molecular weight excluding hydrogens is 482 g/mol. The third-order valence-corrected chi connectivity index (χ3v) is 5.46. The van der Waals surface area contributed by atoms with Gasteiger partial charge in [0.15, 0.2) is 6.10 Å². The van der Waals surface area contributed by atoms with Gasteiger partial charge in [0.2, 0.25) is 0 Å². The van der Waals surface area contributed by atoms with Gasteiger partial charge in [0.25, 0.3) is 0 Å². The summed E-state index contributed by atoms with van der Waals surface area (Å²) >= 11 is 0. The lowest BCUT2D eigenvalue weighted by molar-refractivity contribution is -0.158. The maximum atomic E-state index is 12.6. The number of hydrogen-bond donors (Lipinski definition) is 1. The molecule has 0 radical (unpaired) electrons. The van der Waals surface area contributed by atoms with Crippen LogP contribution in [0.2, 0.25) is 0 Å². The largest absolute Gasteiger partial charge is 0.493 e. The number of carbonyl (C=O) groups excluding carboxylic acids is 2. The summed E-state index contributed by atoms with van der Waals surface area (Å²) in [6, 6.07) is 24.8. The Morgan fingerprint density at radius 3 is 2.13 bits per heavy atom. The molecule has 0 aromatic heterocycles. The first-order chi connectivity index (χ1) is 18.2. The van der Waals surface area contributed by atoms with Crippen molar-refractivity contribution in [2.45, 2.75) is 58.8 Å². The van der Waals surface area contributed by atoms with Crippen molar-refractivity contribution in [1.82, 2.24) is 0 Å². The van der Waals surface area contributed by atoms with Crippen LogP contribution >= 0.6 is 0 Å². The summed E-state index contributed by atoms with van der Waals surface area (Å²) in [5.74, 6) is 0.375. The number of hydrogen-bond acceptors (Lipinski definition) is 6. The van der Waals surface area contributed by atoms with E-state index in [9.17, 15) is 9.59 Å². The molecule has 0 saturated heterocycles. The lowest BCUT2D eigenvalue weighted by Crippen LogP contribution is -2.28. The number of benzene rings is 3. The highest BCUT2D eigenvalue weighted by molar-refractivity contribution is 5.84. The van der Waals surface area contributed by atoms with Crippen molar-refractivity contribution in [3.8, 4) is 5.75 Å². The average molecular weight is 520 g/mol. The van der Waals surface area contributed by atoms with Crippen LogP contribution in [-0.4, -0.2) is 37.0 Å². The van der Waals surface area contributed by atoms with E-state index in [1.54, 1.807) is 0 Å². The Balaban J connectivity index is 1.43. The Morgan fingerprint density at radius 1 is 0.842 bits per heavy atom. The average Bonchev–Trinajstić information content (AvgIpc) is 2.88. The van der Waals surface area contributed by atoms with Gasteiger partial charge in [-0.15, -0.1) is 0 Å². The van der Waals surface area contributed by atoms with E-state index >= 15 is 0 Å². The second kappa shape index (κ2) is 14.2. The molecule has 3 rings (SSSR count). The van der Waals surface area contributed by atoms with Crippen LogP contribution in [0.1, 0.15) is 44.4 Å². The standard InChI is InChI=1S/C31H37NO6/c1-5-35-28(29(33)37-22-25-9-7-6-8-10-25)21-24-13-17-27(18-14-24)36-20-19-23-11-15-26(16-12-23)32-30(34)38-31(2,3)4/h6-18,28H,5,19-22H2,1-4H3,(H,32,34). The summed E-state index contributed by atoms with van der Waals surface area (Å²) in [7, 11) is 0. The second-order valence-corrected chi connectivity index (χ2v) is 9.81. The molecule has 1 unspecified atom stereocenters. The molecule has 7 heteroatoms. The Morgan fingerprint density at radius 2 is 1.50 bits per heavy atom. The first-order valence-electron chi connectivity index (χ1n) is 12.8. The predicted molar refractivity (Wildman–Crippen MR) is 147 cm³/mol. The molecule has 0 aliphatic heterocycles. The maximum absolute atomic E-state index is 12.6. The second-order valence-electron chi connectivity index (χ2n) is 9.81. The summed E-state index contributed by atoms with van der Waals surface area (Å²) in [5.41, 5.74) is 3.11. The fourth-order valence-electron chi connectivity index (χ4n) is 3.63. The van der Waals surface area contributed by atoms with Crippen LogP contribution in [0.5, 0.6) is 5.75 Å². The van der Waals surface area contributed by atoms with Gasteiger partial charge in [-0.05, 0) is 68.7 Å². The smallest absolute Gasteiger partial charge is 0.412 e. The minimum Gasteiger partial charge on any atom is -0.493 e. The van der Waals surface area contributed by atoms with Gasteiger partial charge in [-0.3, -0.25) is 5.32 Å². The van der Waals surface area contributed by atoms with Crippen molar-refractivity contribution in [2.75, 3.05) is 18.5 Å². The monoisotopic (exact) mass is 519 g/mol. The molecule has 0 saturated carbocycles. The summed E-state index contributed by atoms with van der Waals surface area (Å²) in [6.07, 6.45) is -0.00326. The number of esters is 1. The fourth-order valence-corrected chi connectivity index (χ4v) is 3.63. The lowest BCUT2D eigenvalue weighted by Gasteiger charge is -2.19. The number of amides is 1. The number of nitrogens with one attached hydrogen (secondary N) is 1. The van der Waals surface area contributed by atoms with Crippen LogP contribution in [0.3, 0.4) is 0 Å². The normalized spacial score (nSPS) is 11.9. The quantitative estimate of drug-likeness (QED) is 0.281. The van der Waals surface area contributed by atoms with Crippen LogP contribution in [0.25, 0.3) is 0 Å². The minimum absolute atomic E-state index is 0.221. The highest BCUT2D eigenvalue weighted by Gasteiger charge is 2.21. The minimum atomic E-state index is -0.664. The molecule has 3 aromatic rings. The zero-order valence-corrected chi connectivity index (χ0v) is 22.6. The van der Waals surface area contributed by atoms with Gasteiger partial charge >= 0.3 is 12.1 Å². The van der Waals surface area contributed by atoms with E-state index in [4.69, 9.17) is 18.9 Å². The SMILES string of the molecule is CCOC(Cc1ccc(OCCc2ccc(NC(=O)OC(C)(C)C)cc2)cc1)C(=O)OCc1ccccc1. The molecule has 0 bridgehead atoms. The first kappa shape index (κ1) is 28.7. The molecule has 1 atom stereocenters. The third kappa shape index (κ3) is 10.3. The Bertz CT molecular complexity index is 1140. The lowest BCUT2D eigenvalue weighted by atomic mass is 10.1. The molecule has 202 valence electrons. The first-order valence-corrected chi connectivity index (χ1v) is 12.8. The fraction of sp³-hybridized carbons (Fsp3) is 0.355. The highest BCUT2D eigenvalue weighted by Crippen LogP contribution is 2.17. The molecule has 1 N–H and O–H groups in total. The maximum Gasteiger partial charge on any atom is 0.412 e. The van der Waals surface area contributed by atoms with Crippen LogP contribution in [0.4, 0.5) is 10.5 Å². The van der Waals surface area contributed by atoms with Gasteiger partial charge in [0.1, 0.15) is 18.0 Å². The Hall–Kier alpha value is -3.84. The Labute approximate surface area is 225 Å². The van der Waals surface area contributed by atoms with E-state index in [0.717, 1.165) is 22.4 Å². The topological polar surface area (TPSA) is 83.1 Å². The van der Waals surface area contributed by atoms with Gasteiger partial charge in [-0.1, -0.05) is 54.6 Å². The van der Waals surface area contributed by atoms with Gasteiger partial charge in [0, 0.05) is 25.1 Å². The van der Waals surface area contributed by atoms with E-state index in [0.29, 0.717) is 31.7 Å². The van der Waals surface area contributed by atoms with E-state index < -0.39 is 17.8 Å². The van der Waals surface area contributed by atoms with Crippen LogP contribution in [0, 0.1) is 0 Å². The molecule has 0 aliphatic rings. The molecule has 0 aliphatic carbocycles. The zero-order valence-electron chi connectivity index (χ0n) is 22.6. The van der Waals surface area contributed by atoms with Gasteiger partial charge in [-0.2, -0.15) is 0 Å². The van der Waals surface area contributed by atoms with Crippen LogP contribution < -0.4 is 10.1 Å². The summed E-state index contributed by atoms with van der Waals surface area (Å²) < 4.78 is 22.3. The summed E-state index contributed by atoms with van der Waals surface area (Å²) in [4.78, 5) is 24.5. The molecule has 3 aromatic carbocycles.